The molecule has 1 aliphatic rings. The maximum absolute atomic E-state index is 12.6. The van der Waals surface area contributed by atoms with Gasteiger partial charge in [-0.05, 0) is 36.3 Å². The van der Waals surface area contributed by atoms with E-state index in [0.717, 1.165) is 17.0 Å². The molecular weight excluding hydrogens is 476 g/mol. The fourth-order valence-corrected chi connectivity index (χ4v) is 4.92. The Labute approximate surface area is 216 Å². The lowest BCUT2D eigenvalue weighted by Crippen LogP contribution is -2.35. The van der Waals surface area contributed by atoms with Crippen LogP contribution in [0.15, 0.2) is 40.4 Å². The molecule has 2 aromatic heterocycles. The van der Waals surface area contributed by atoms with Gasteiger partial charge in [-0.15, -0.1) is 11.3 Å². The van der Waals surface area contributed by atoms with Crippen LogP contribution in [0.3, 0.4) is 0 Å². The fourth-order valence-electron chi connectivity index (χ4n) is 4.11. The molecule has 194 valence electrons. The van der Waals surface area contributed by atoms with Gasteiger partial charge in [-0.3, -0.25) is 9.59 Å². The van der Waals surface area contributed by atoms with E-state index < -0.39 is 6.10 Å². The molecule has 2 amide bonds. The summed E-state index contributed by atoms with van der Waals surface area (Å²) >= 11 is 1.64. The van der Waals surface area contributed by atoms with Crippen LogP contribution < -0.4 is 5.32 Å². The summed E-state index contributed by atoms with van der Waals surface area (Å²) in [5.74, 6) is 0.760. The minimum Gasteiger partial charge on any atom is -0.391 e. The van der Waals surface area contributed by atoms with E-state index in [9.17, 15) is 14.7 Å². The number of carbonyl (C=O) groups is 2. The molecule has 4 rings (SSSR count). The Morgan fingerprint density at radius 3 is 2.50 bits per heavy atom. The molecule has 3 heterocycles. The lowest BCUT2D eigenvalue weighted by molar-refractivity contribution is -0.133. The number of aromatic nitrogens is 2. The van der Waals surface area contributed by atoms with Crippen molar-refractivity contribution in [2.24, 2.45) is 5.92 Å². The van der Waals surface area contributed by atoms with E-state index in [1.807, 2.05) is 58.3 Å². The van der Waals surface area contributed by atoms with Gasteiger partial charge in [0.05, 0.1) is 27.9 Å². The van der Waals surface area contributed by atoms with Crippen LogP contribution in [0.25, 0.3) is 10.4 Å². The number of benzene rings is 1. The highest BCUT2D eigenvalue weighted by atomic mass is 32.1. The number of β-amino-alcohol motifs (C(OH)–C–C–N with tert-alkyl or cyclic N) is 1. The number of carbonyl (C=O) groups excluding carboxylic acids is 2. The Hall–Kier alpha value is -3.04. The summed E-state index contributed by atoms with van der Waals surface area (Å²) in [6.45, 7) is 11.7. The number of amides is 2. The van der Waals surface area contributed by atoms with Gasteiger partial charge in [0.15, 0.2) is 0 Å². The summed E-state index contributed by atoms with van der Waals surface area (Å²) < 4.78 is 5.40. The van der Waals surface area contributed by atoms with Crippen molar-refractivity contribution in [3.63, 3.8) is 0 Å². The Bertz CT molecular complexity index is 1120. The first-order valence-electron chi connectivity index (χ1n) is 12.3. The molecule has 0 bridgehead atoms. The van der Waals surface area contributed by atoms with Crippen LogP contribution in [0.4, 0.5) is 0 Å². The minimum absolute atomic E-state index is 0.0306. The molecule has 0 radical (unpaired) electrons. The summed E-state index contributed by atoms with van der Waals surface area (Å²) in [7, 11) is 0. The number of thiazole rings is 1. The van der Waals surface area contributed by atoms with E-state index in [4.69, 9.17) is 4.52 Å². The van der Waals surface area contributed by atoms with Crippen LogP contribution in [-0.2, 0) is 16.1 Å². The number of likely N-dealkylation sites (tertiary alicyclic amines) is 1. The Kier molecular flexibility index (Phi) is 9.78. The van der Waals surface area contributed by atoms with Crippen molar-refractivity contribution in [3.8, 4) is 10.4 Å². The molecule has 1 aromatic carbocycles. The molecule has 2 N–H and O–H groups in total. The lowest BCUT2D eigenvalue weighted by atomic mass is 9.91. The summed E-state index contributed by atoms with van der Waals surface area (Å²) in [4.78, 5) is 30.0. The van der Waals surface area contributed by atoms with E-state index >= 15 is 0 Å². The normalized spacial score (nSPS) is 16.1. The van der Waals surface area contributed by atoms with E-state index in [1.54, 1.807) is 16.2 Å². The Balaban J connectivity index is 0.000000205. The van der Waals surface area contributed by atoms with Gasteiger partial charge in [-0.1, -0.05) is 57.1 Å². The standard InChI is InChI=1S/C15H24N2O3.C12H12N2OS/c1-9(2)12-7-13(20-16-12)14(10(3)4)15(19)17-6-5-11(18)8-17;1-9-12(16-8-14-9)11-4-2-10(3-5-11)6-13-7-15/h7,9-11,14,18H,5-6,8H2,1-4H3;2-5,7-8H,6H2,1H3,(H,13,15). The second-order valence-electron chi connectivity index (χ2n) is 9.72. The van der Waals surface area contributed by atoms with E-state index in [-0.39, 0.29) is 23.7 Å². The highest BCUT2D eigenvalue weighted by Crippen LogP contribution is 2.30. The zero-order valence-electron chi connectivity index (χ0n) is 21.6. The lowest BCUT2D eigenvalue weighted by Gasteiger charge is -2.23. The van der Waals surface area contributed by atoms with Crippen LogP contribution in [0.1, 0.15) is 68.7 Å². The predicted octanol–water partition coefficient (Wildman–Crippen LogP) is 4.50. The predicted molar refractivity (Wildman–Crippen MR) is 141 cm³/mol. The first kappa shape index (κ1) is 27.5. The molecule has 1 saturated heterocycles. The van der Waals surface area contributed by atoms with Crippen molar-refractivity contribution in [2.75, 3.05) is 13.1 Å². The molecular formula is C27H36N4O4S. The molecule has 1 fully saturated rings. The largest absolute Gasteiger partial charge is 0.391 e. The molecule has 0 spiro atoms. The average Bonchev–Trinajstić information content (AvgIpc) is 3.60. The molecule has 3 aromatic rings. The number of aliphatic hydroxyl groups is 1. The summed E-state index contributed by atoms with van der Waals surface area (Å²) in [5.41, 5.74) is 6.06. The second kappa shape index (κ2) is 12.8. The summed E-state index contributed by atoms with van der Waals surface area (Å²) in [6.07, 6.45) is 0.971. The van der Waals surface area contributed by atoms with Gasteiger partial charge in [-0.25, -0.2) is 4.98 Å². The van der Waals surface area contributed by atoms with Crippen molar-refractivity contribution >= 4 is 23.7 Å². The maximum atomic E-state index is 12.6. The van der Waals surface area contributed by atoms with Crippen molar-refractivity contribution < 1.29 is 19.2 Å². The van der Waals surface area contributed by atoms with E-state index in [0.29, 0.717) is 38.2 Å². The second-order valence-corrected chi connectivity index (χ2v) is 10.6. The highest BCUT2D eigenvalue weighted by Gasteiger charge is 2.35. The zero-order chi connectivity index (χ0) is 26.2. The van der Waals surface area contributed by atoms with Gasteiger partial charge in [-0.2, -0.15) is 0 Å². The third-order valence-electron chi connectivity index (χ3n) is 6.20. The molecule has 9 heteroatoms. The van der Waals surface area contributed by atoms with E-state index in [1.165, 1.54) is 10.4 Å². The number of aryl methyl sites for hydroxylation is 1. The topological polar surface area (TPSA) is 109 Å². The monoisotopic (exact) mass is 512 g/mol. The van der Waals surface area contributed by atoms with Gasteiger partial charge in [0.25, 0.3) is 0 Å². The van der Waals surface area contributed by atoms with Gasteiger partial charge >= 0.3 is 0 Å². The molecule has 2 atom stereocenters. The van der Waals surface area contributed by atoms with Crippen LogP contribution >= 0.6 is 11.3 Å². The Morgan fingerprint density at radius 2 is 2.00 bits per heavy atom. The number of rotatable bonds is 8. The van der Waals surface area contributed by atoms with Crippen LogP contribution in [0, 0.1) is 12.8 Å². The smallest absolute Gasteiger partial charge is 0.233 e. The van der Waals surface area contributed by atoms with Gasteiger partial charge in [0, 0.05) is 25.7 Å². The van der Waals surface area contributed by atoms with Gasteiger partial charge in [0.1, 0.15) is 11.7 Å². The number of nitrogens with one attached hydrogen (secondary N) is 1. The molecule has 0 saturated carbocycles. The van der Waals surface area contributed by atoms with Gasteiger partial charge < -0.3 is 19.8 Å². The van der Waals surface area contributed by atoms with Crippen LogP contribution in [-0.4, -0.2) is 51.7 Å². The summed E-state index contributed by atoms with van der Waals surface area (Å²) in [6, 6.07) is 10.0. The number of aliphatic hydroxyl groups excluding tert-OH is 1. The van der Waals surface area contributed by atoms with Gasteiger partial charge in [0.2, 0.25) is 12.3 Å². The number of hydrogen-bond donors (Lipinski definition) is 2. The van der Waals surface area contributed by atoms with Crippen molar-refractivity contribution in [2.45, 2.75) is 65.5 Å². The first-order valence-corrected chi connectivity index (χ1v) is 13.2. The zero-order valence-corrected chi connectivity index (χ0v) is 22.4. The molecule has 2 unspecified atom stereocenters. The highest BCUT2D eigenvalue weighted by molar-refractivity contribution is 7.13. The fraction of sp³-hybridized carbons (Fsp3) is 0.481. The molecule has 1 aliphatic heterocycles. The third kappa shape index (κ3) is 7.01. The minimum atomic E-state index is -0.396. The summed E-state index contributed by atoms with van der Waals surface area (Å²) in [5, 5.41) is 16.3. The first-order chi connectivity index (χ1) is 17.2. The quantitative estimate of drug-likeness (QED) is 0.431. The number of hydrogen-bond acceptors (Lipinski definition) is 7. The van der Waals surface area contributed by atoms with Crippen molar-refractivity contribution in [1.82, 2.24) is 20.4 Å². The SMILES string of the molecule is CC(C)c1cc(C(C(=O)N2CCC(O)C2)C(C)C)on1.Cc1ncsc1-c1ccc(CNC=O)cc1. The number of nitrogens with zero attached hydrogens (tertiary/aromatic N) is 3. The van der Waals surface area contributed by atoms with Crippen LogP contribution in [0.5, 0.6) is 0 Å². The average molecular weight is 513 g/mol. The van der Waals surface area contributed by atoms with Crippen molar-refractivity contribution in [3.05, 3.63) is 58.6 Å². The molecule has 0 aliphatic carbocycles. The van der Waals surface area contributed by atoms with Crippen LogP contribution in [0.2, 0.25) is 0 Å². The molecule has 36 heavy (non-hydrogen) atoms. The van der Waals surface area contributed by atoms with Crippen molar-refractivity contribution in [1.29, 1.82) is 0 Å². The molecule has 8 nitrogen and oxygen atoms in total. The Morgan fingerprint density at radius 1 is 1.28 bits per heavy atom. The maximum Gasteiger partial charge on any atom is 0.233 e. The van der Waals surface area contributed by atoms with E-state index in [2.05, 4.69) is 27.6 Å². The third-order valence-corrected chi connectivity index (χ3v) is 7.18.